The number of esters is 1. The van der Waals surface area contributed by atoms with E-state index in [2.05, 4.69) is 23.8 Å². The highest BCUT2D eigenvalue weighted by Crippen LogP contribution is 2.28. The van der Waals surface area contributed by atoms with Gasteiger partial charge in [-0.05, 0) is 50.5 Å². The Balaban J connectivity index is 2.07. The van der Waals surface area contributed by atoms with Crippen molar-refractivity contribution in [3.63, 3.8) is 0 Å². The van der Waals surface area contributed by atoms with Gasteiger partial charge in [-0.15, -0.1) is 13.2 Å². The number of benzene rings is 1. The minimum absolute atomic E-state index is 0.00116. The number of aliphatic hydroxyl groups is 1. The third kappa shape index (κ3) is 12.6. The Hall–Kier alpha value is -2.93. The predicted molar refractivity (Wildman–Crippen MR) is 155 cm³/mol. The van der Waals surface area contributed by atoms with E-state index in [4.69, 9.17) is 4.74 Å². The number of nitrogens with one attached hydrogen (secondary N) is 2. The standard InChI is InChI=1S/C32H48N2O5/c1-4-6-18-28(19-25-14-9-7-10-15-25)32(38)39-23-29(20-26-16-11-8-12-17-26)34-31(37)27(13-5-2)21-30(36)33-24(3)22-35/h4-5,7,9-10,14-15,24,26-29,35H,1-2,6,8,11-13,16-23H2,3H3,(H,33,36)(H,34,37). The van der Waals surface area contributed by atoms with Crippen LogP contribution in [-0.4, -0.2) is 48.2 Å². The second-order valence-electron chi connectivity index (χ2n) is 10.9. The van der Waals surface area contributed by atoms with E-state index in [1.807, 2.05) is 36.4 Å². The molecule has 0 saturated heterocycles. The van der Waals surface area contributed by atoms with Crippen LogP contribution in [0, 0.1) is 17.8 Å². The number of rotatable bonds is 18. The molecule has 1 aromatic carbocycles. The maximum atomic E-state index is 13.3. The van der Waals surface area contributed by atoms with Crippen LogP contribution in [0.3, 0.4) is 0 Å². The van der Waals surface area contributed by atoms with Crippen LogP contribution in [0.4, 0.5) is 0 Å². The third-order valence-electron chi connectivity index (χ3n) is 7.43. The summed E-state index contributed by atoms with van der Waals surface area (Å²) in [6.45, 7) is 9.19. The predicted octanol–water partition coefficient (Wildman–Crippen LogP) is 4.89. The summed E-state index contributed by atoms with van der Waals surface area (Å²) in [6, 6.07) is 9.20. The molecule has 216 valence electrons. The molecule has 7 heteroatoms. The molecule has 1 aliphatic carbocycles. The van der Waals surface area contributed by atoms with Crippen LogP contribution in [0.5, 0.6) is 0 Å². The van der Waals surface area contributed by atoms with Gasteiger partial charge in [0.05, 0.1) is 24.5 Å². The maximum absolute atomic E-state index is 13.3. The first kappa shape index (κ1) is 32.3. The molecule has 3 N–H and O–H groups in total. The van der Waals surface area contributed by atoms with Crippen molar-refractivity contribution < 1.29 is 24.2 Å². The first-order valence-corrected chi connectivity index (χ1v) is 14.5. The largest absolute Gasteiger partial charge is 0.463 e. The molecule has 2 amide bonds. The van der Waals surface area contributed by atoms with Gasteiger partial charge in [0.25, 0.3) is 0 Å². The van der Waals surface area contributed by atoms with Crippen molar-refractivity contribution in [1.82, 2.24) is 10.6 Å². The molecule has 0 heterocycles. The molecular formula is C32H48N2O5. The van der Waals surface area contributed by atoms with Crippen LogP contribution in [0.1, 0.15) is 76.7 Å². The second-order valence-corrected chi connectivity index (χ2v) is 10.9. The van der Waals surface area contributed by atoms with Gasteiger partial charge in [-0.25, -0.2) is 0 Å². The fourth-order valence-corrected chi connectivity index (χ4v) is 5.22. The molecular weight excluding hydrogens is 492 g/mol. The van der Waals surface area contributed by atoms with Gasteiger partial charge >= 0.3 is 5.97 Å². The number of hydrogen-bond donors (Lipinski definition) is 3. The van der Waals surface area contributed by atoms with Crippen molar-refractivity contribution in [3.05, 3.63) is 61.2 Å². The molecule has 1 saturated carbocycles. The Morgan fingerprint density at radius 1 is 1.05 bits per heavy atom. The number of amides is 2. The van der Waals surface area contributed by atoms with Crippen LogP contribution in [0.2, 0.25) is 0 Å². The summed E-state index contributed by atoms with van der Waals surface area (Å²) >= 11 is 0. The fourth-order valence-electron chi connectivity index (χ4n) is 5.22. The molecule has 0 spiro atoms. The van der Waals surface area contributed by atoms with Crippen molar-refractivity contribution in [2.24, 2.45) is 17.8 Å². The molecule has 0 bridgehead atoms. The van der Waals surface area contributed by atoms with E-state index in [0.29, 0.717) is 25.2 Å². The number of hydrogen-bond acceptors (Lipinski definition) is 5. The molecule has 4 atom stereocenters. The summed E-state index contributed by atoms with van der Waals surface area (Å²) in [4.78, 5) is 38.9. The zero-order valence-electron chi connectivity index (χ0n) is 23.6. The smallest absolute Gasteiger partial charge is 0.309 e. The fraction of sp³-hybridized carbons (Fsp3) is 0.594. The van der Waals surface area contributed by atoms with Crippen molar-refractivity contribution >= 4 is 17.8 Å². The maximum Gasteiger partial charge on any atom is 0.309 e. The molecule has 39 heavy (non-hydrogen) atoms. The number of aliphatic hydroxyl groups excluding tert-OH is 1. The van der Waals surface area contributed by atoms with Gasteiger partial charge in [0, 0.05) is 12.5 Å². The Morgan fingerprint density at radius 2 is 1.77 bits per heavy atom. The normalized spacial score (nSPS) is 16.8. The first-order chi connectivity index (χ1) is 18.9. The lowest BCUT2D eigenvalue weighted by atomic mass is 9.84. The molecule has 0 radical (unpaired) electrons. The van der Waals surface area contributed by atoms with Crippen LogP contribution >= 0.6 is 0 Å². The summed E-state index contributed by atoms with van der Waals surface area (Å²) in [5.41, 5.74) is 1.08. The van der Waals surface area contributed by atoms with Crippen molar-refractivity contribution in [3.8, 4) is 0 Å². The van der Waals surface area contributed by atoms with E-state index < -0.39 is 5.92 Å². The second kappa shape index (κ2) is 18.4. The summed E-state index contributed by atoms with van der Waals surface area (Å²) < 4.78 is 5.85. The monoisotopic (exact) mass is 540 g/mol. The lowest BCUT2D eigenvalue weighted by Crippen LogP contribution is -2.45. The third-order valence-corrected chi connectivity index (χ3v) is 7.43. The lowest BCUT2D eigenvalue weighted by Gasteiger charge is -2.28. The Labute approximate surface area is 234 Å². The summed E-state index contributed by atoms with van der Waals surface area (Å²) in [6.07, 6.45) is 12.3. The zero-order chi connectivity index (χ0) is 28.5. The van der Waals surface area contributed by atoms with Crippen LogP contribution < -0.4 is 10.6 Å². The molecule has 7 nitrogen and oxygen atoms in total. The Kier molecular flexibility index (Phi) is 15.2. The van der Waals surface area contributed by atoms with E-state index in [0.717, 1.165) is 31.2 Å². The van der Waals surface area contributed by atoms with Gasteiger partial charge in [0.15, 0.2) is 0 Å². The van der Waals surface area contributed by atoms with Crippen molar-refractivity contribution in [2.45, 2.75) is 89.6 Å². The highest BCUT2D eigenvalue weighted by molar-refractivity contribution is 5.86. The first-order valence-electron chi connectivity index (χ1n) is 14.5. The van der Waals surface area contributed by atoms with Gasteiger partial charge in [-0.2, -0.15) is 0 Å². The van der Waals surface area contributed by atoms with E-state index in [1.54, 1.807) is 13.0 Å². The topological polar surface area (TPSA) is 105 Å². The number of ether oxygens (including phenoxy) is 1. The highest BCUT2D eigenvalue weighted by atomic mass is 16.5. The van der Waals surface area contributed by atoms with Gasteiger partial charge in [-0.3, -0.25) is 14.4 Å². The number of carbonyl (C=O) groups excluding carboxylic acids is 3. The number of allylic oxidation sites excluding steroid dienone is 2. The minimum Gasteiger partial charge on any atom is -0.463 e. The Morgan fingerprint density at radius 3 is 2.41 bits per heavy atom. The molecule has 1 aromatic rings. The van der Waals surface area contributed by atoms with Crippen LogP contribution in [0.15, 0.2) is 55.6 Å². The summed E-state index contributed by atoms with van der Waals surface area (Å²) in [5, 5.41) is 15.0. The van der Waals surface area contributed by atoms with Crippen molar-refractivity contribution in [1.29, 1.82) is 0 Å². The average molecular weight is 541 g/mol. The zero-order valence-corrected chi connectivity index (χ0v) is 23.6. The number of carbonyl (C=O) groups is 3. The quantitative estimate of drug-likeness (QED) is 0.182. The van der Waals surface area contributed by atoms with Gasteiger partial charge in [-0.1, -0.05) is 74.6 Å². The molecule has 1 aliphatic rings. The van der Waals surface area contributed by atoms with E-state index in [-0.39, 0.29) is 55.4 Å². The molecule has 1 fully saturated rings. The van der Waals surface area contributed by atoms with Gasteiger partial charge in [0.2, 0.25) is 11.8 Å². The molecule has 0 aromatic heterocycles. The van der Waals surface area contributed by atoms with Gasteiger partial charge < -0.3 is 20.5 Å². The SMILES string of the molecule is C=CCCC(Cc1ccccc1)C(=O)OCC(CC1CCCCC1)NC(=O)C(CC=C)CC(=O)NC(C)CO. The van der Waals surface area contributed by atoms with E-state index in [9.17, 15) is 19.5 Å². The van der Waals surface area contributed by atoms with Gasteiger partial charge in [0.1, 0.15) is 6.61 Å². The summed E-state index contributed by atoms with van der Waals surface area (Å²) in [5.74, 6) is -1.21. The molecule has 4 unspecified atom stereocenters. The lowest BCUT2D eigenvalue weighted by molar-refractivity contribution is -0.150. The van der Waals surface area contributed by atoms with Crippen molar-refractivity contribution in [2.75, 3.05) is 13.2 Å². The molecule has 2 rings (SSSR count). The Bertz CT molecular complexity index is 897. The highest BCUT2D eigenvalue weighted by Gasteiger charge is 2.28. The molecule has 0 aliphatic heterocycles. The minimum atomic E-state index is -0.587. The van der Waals surface area contributed by atoms with E-state index >= 15 is 0 Å². The van der Waals surface area contributed by atoms with Crippen LogP contribution in [0.25, 0.3) is 0 Å². The summed E-state index contributed by atoms with van der Waals surface area (Å²) in [7, 11) is 0. The van der Waals surface area contributed by atoms with E-state index in [1.165, 1.54) is 19.3 Å². The van der Waals surface area contributed by atoms with Crippen LogP contribution in [-0.2, 0) is 25.5 Å². The average Bonchev–Trinajstić information content (AvgIpc) is 2.94.